The van der Waals surface area contributed by atoms with Gasteiger partial charge in [-0.1, -0.05) is 0 Å². The van der Waals surface area contributed by atoms with Crippen LogP contribution in [0.2, 0.25) is 0 Å². The molecule has 2 aliphatic rings. The lowest BCUT2D eigenvalue weighted by Crippen LogP contribution is -2.47. The molecule has 10 heteroatoms. The highest BCUT2D eigenvalue weighted by Gasteiger charge is 2.48. The van der Waals surface area contributed by atoms with Crippen molar-refractivity contribution in [2.45, 2.75) is 78.4 Å². The molecule has 2 aliphatic heterocycles. The molecule has 0 aromatic carbocycles. The highest BCUT2D eigenvalue weighted by molar-refractivity contribution is 5.99. The Morgan fingerprint density at radius 3 is 2.50 bits per heavy atom. The van der Waals surface area contributed by atoms with Crippen LogP contribution in [0.1, 0.15) is 47.2 Å². The number of carbonyl (C=O) groups is 2. The number of anilines is 1. The Kier molecular flexibility index (Phi) is 5.56. The van der Waals surface area contributed by atoms with E-state index < -0.39 is 11.7 Å². The summed E-state index contributed by atoms with van der Waals surface area (Å²) >= 11 is 0. The summed E-state index contributed by atoms with van der Waals surface area (Å²) in [5, 5.41) is 4.50. The van der Waals surface area contributed by atoms with Crippen molar-refractivity contribution in [1.82, 2.24) is 24.6 Å². The summed E-state index contributed by atoms with van der Waals surface area (Å²) in [4.78, 5) is 37.7. The van der Waals surface area contributed by atoms with Gasteiger partial charge in [-0.05, 0) is 47.6 Å². The monoisotopic (exact) mass is 442 g/mol. The number of hydrogen-bond donors (Lipinski definition) is 0. The van der Waals surface area contributed by atoms with Gasteiger partial charge in [0.25, 0.3) is 0 Å². The zero-order valence-electron chi connectivity index (χ0n) is 19.3. The van der Waals surface area contributed by atoms with Crippen molar-refractivity contribution in [2.24, 2.45) is 5.92 Å². The van der Waals surface area contributed by atoms with E-state index in [2.05, 4.69) is 15.1 Å². The lowest BCUT2D eigenvalue weighted by Gasteiger charge is -2.36. The first-order valence-electron chi connectivity index (χ1n) is 10.9. The first kappa shape index (κ1) is 22.0. The predicted molar refractivity (Wildman–Crippen MR) is 116 cm³/mol. The summed E-state index contributed by atoms with van der Waals surface area (Å²) in [6.07, 6.45) is 4.12. The van der Waals surface area contributed by atoms with E-state index in [-0.39, 0.29) is 36.0 Å². The van der Waals surface area contributed by atoms with Crippen molar-refractivity contribution in [3.05, 3.63) is 30.4 Å². The van der Waals surface area contributed by atoms with Gasteiger partial charge < -0.3 is 14.4 Å². The fourth-order valence-electron chi connectivity index (χ4n) is 4.29. The number of nitrogens with zero attached hydrogens (tertiary/aromatic N) is 6. The molecule has 172 valence electrons. The molecule has 0 spiro atoms. The van der Waals surface area contributed by atoms with Gasteiger partial charge in [0, 0.05) is 12.4 Å². The van der Waals surface area contributed by atoms with Gasteiger partial charge in [-0.15, -0.1) is 0 Å². The molecule has 10 nitrogen and oxygen atoms in total. The maximum Gasteiger partial charge on any atom is 0.410 e. The Labute approximate surface area is 187 Å². The molecule has 4 heterocycles. The first-order chi connectivity index (χ1) is 15.1. The average molecular weight is 443 g/mol. The van der Waals surface area contributed by atoms with E-state index in [1.807, 2.05) is 46.2 Å². The molecule has 1 saturated heterocycles. The van der Waals surface area contributed by atoms with Crippen molar-refractivity contribution in [3.8, 4) is 6.01 Å². The lowest BCUT2D eigenvalue weighted by atomic mass is 10.0. The molecule has 0 saturated carbocycles. The molecule has 0 unspecified atom stereocenters. The van der Waals surface area contributed by atoms with Gasteiger partial charge in [0.1, 0.15) is 11.7 Å². The lowest BCUT2D eigenvalue weighted by molar-refractivity contribution is -0.121. The molecule has 4 rings (SSSR count). The zero-order valence-corrected chi connectivity index (χ0v) is 19.3. The Balaban J connectivity index is 1.59. The molecule has 1 fully saturated rings. The molecule has 2 aromatic rings. The SMILES string of the molecule is C[C@@H]1C(=O)N(c2cnn3c2CN(C(=O)OC(C)(C)C)[C@@H](C)C3)[C@H](C)[C@H]1Oc1ncccn1. The van der Waals surface area contributed by atoms with Gasteiger partial charge in [0.05, 0.1) is 48.7 Å². The summed E-state index contributed by atoms with van der Waals surface area (Å²) in [6, 6.07) is 1.61. The molecule has 2 aromatic heterocycles. The highest BCUT2D eigenvalue weighted by Crippen LogP contribution is 2.36. The predicted octanol–water partition coefficient (Wildman–Crippen LogP) is 2.63. The highest BCUT2D eigenvalue weighted by atomic mass is 16.6. The molecular formula is C22H30N6O4. The number of hydrogen-bond acceptors (Lipinski definition) is 7. The van der Waals surface area contributed by atoms with E-state index in [0.29, 0.717) is 18.8 Å². The second-order valence-corrected chi connectivity index (χ2v) is 9.47. The van der Waals surface area contributed by atoms with E-state index in [1.54, 1.807) is 34.5 Å². The first-order valence-corrected chi connectivity index (χ1v) is 10.9. The Morgan fingerprint density at radius 1 is 1.16 bits per heavy atom. The number of rotatable bonds is 3. The van der Waals surface area contributed by atoms with E-state index in [0.717, 1.165) is 5.69 Å². The maximum atomic E-state index is 13.2. The number of ether oxygens (including phenoxy) is 2. The normalized spacial score (nSPS) is 25.6. The quantitative estimate of drug-likeness (QED) is 0.720. The fraction of sp³-hybridized carbons (Fsp3) is 0.591. The molecule has 2 amide bonds. The molecule has 0 N–H and O–H groups in total. The van der Waals surface area contributed by atoms with E-state index in [9.17, 15) is 9.59 Å². The molecule has 32 heavy (non-hydrogen) atoms. The van der Waals surface area contributed by atoms with Crippen LogP contribution in [0.25, 0.3) is 0 Å². The summed E-state index contributed by atoms with van der Waals surface area (Å²) in [7, 11) is 0. The summed E-state index contributed by atoms with van der Waals surface area (Å²) in [5.74, 6) is -0.439. The van der Waals surface area contributed by atoms with Gasteiger partial charge in [-0.25, -0.2) is 14.8 Å². The third-order valence-electron chi connectivity index (χ3n) is 5.89. The Morgan fingerprint density at radius 2 is 1.84 bits per heavy atom. The third kappa shape index (κ3) is 4.01. The van der Waals surface area contributed by atoms with Crippen LogP contribution in [-0.4, -0.2) is 60.4 Å². The number of amides is 2. The van der Waals surface area contributed by atoms with Crippen LogP contribution in [0, 0.1) is 5.92 Å². The number of carbonyl (C=O) groups excluding carboxylic acids is 2. The van der Waals surface area contributed by atoms with Gasteiger partial charge in [0.15, 0.2) is 0 Å². The number of aromatic nitrogens is 4. The maximum absolute atomic E-state index is 13.2. The summed E-state index contributed by atoms with van der Waals surface area (Å²) in [6.45, 7) is 12.1. The smallest absolute Gasteiger partial charge is 0.410 e. The Bertz CT molecular complexity index is 1000. The van der Waals surface area contributed by atoms with Gasteiger partial charge >= 0.3 is 12.1 Å². The minimum absolute atomic E-state index is 0.0586. The van der Waals surface area contributed by atoms with Crippen LogP contribution >= 0.6 is 0 Å². The molecule has 0 aliphatic carbocycles. The minimum atomic E-state index is -0.587. The van der Waals surface area contributed by atoms with Crippen LogP contribution in [-0.2, 0) is 22.6 Å². The van der Waals surface area contributed by atoms with Crippen molar-refractivity contribution in [3.63, 3.8) is 0 Å². The average Bonchev–Trinajstić information content (AvgIpc) is 3.20. The van der Waals surface area contributed by atoms with E-state index in [4.69, 9.17) is 9.47 Å². The fourth-order valence-corrected chi connectivity index (χ4v) is 4.29. The van der Waals surface area contributed by atoms with Gasteiger partial charge in [-0.2, -0.15) is 5.10 Å². The standard InChI is InChI=1S/C22H30N6O4/c1-13-11-27-17(12-26(13)21(30)32-22(4,5)6)16(10-25-27)28-15(3)18(14(2)19(28)29)31-20-23-8-7-9-24-20/h7-10,13-15,18H,11-12H2,1-6H3/t13-,14-,15+,18-/m0/s1. The van der Waals surface area contributed by atoms with E-state index >= 15 is 0 Å². The van der Waals surface area contributed by atoms with Crippen LogP contribution in [0.3, 0.4) is 0 Å². The zero-order chi connectivity index (χ0) is 23.2. The number of fused-ring (bicyclic) bond motifs is 1. The van der Waals surface area contributed by atoms with Crippen LogP contribution < -0.4 is 9.64 Å². The van der Waals surface area contributed by atoms with Crippen LogP contribution in [0.15, 0.2) is 24.7 Å². The van der Waals surface area contributed by atoms with Gasteiger partial charge in [-0.3, -0.25) is 14.4 Å². The topological polar surface area (TPSA) is 103 Å². The van der Waals surface area contributed by atoms with E-state index in [1.165, 1.54) is 0 Å². The van der Waals surface area contributed by atoms with Crippen molar-refractivity contribution >= 4 is 17.7 Å². The largest absolute Gasteiger partial charge is 0.457 e. The van der Waals surface area contributed by atoms with Crippen molar-refractivity contribution < 1.29 is 19.1 Å². The molecule has 0 radical (unpaired) electrons. The second kappa shape index (κ2) is 8.07. The van der Waals surface area contributed by atoms with Crippen LogP contribution in [0.5, 0.6) is 6.01 Å². The van der Waals surface area contributed by atoms with Crippen molar-refractivity contribution in [1.29, 1.82) is 0 Å². The summed E-state index contributed by atoms with van der Waals surface area (Å²) in [5.41, 5.74) is 0.906. The molecule has 4 atom stereocenters. The molecular weight excluding hydrogens is 412 g/mol. The summed E-state index contributed by atoms with van der Waals surface area (Å²) < 4.78 is 13.4. The van der Waals surface area contributed by atoms with Gasteiger partial charge in [0.2, 0.25) is 5.91 Å². The second-order valence-electron chi connectivity index (χ2n) is 9.47. The molecule has 0 bridgehead atoms. The van der Waals surface area contributed by atoms with Crippen molar-refractivity contribution in [2.75, 3.05) is 4.90 Å². The van der Waals surface area contributed by atoms with Crippen LogP contribution in [0.4, 0.5) is 10.5 Å². The Hall–Kier alpha value is -3.17. The third-order valence-corrected chi connectivity index (χ3v) is 5.89. The minimum Gasteiger partial charge on any atom is -0.457 e.